The van der Waals surface area contributed by atoms with Gasteiger partial charge in [-0.3, -0.25) is 0 Å². The molecule has 0 bridgehead atoms. The highest BCUT2D eigenvalue weighted by atomic mass is 16.4. The number of aromatic carboxylic acids is 1. The molecule has 0 amide bonds. The highest BCUT2D eigenvalue weighted by Gasteiger charge is 2.09. The molecule has 1 rings (SSSR count). The van der Waals surface area contributed by atoms with Gasteiger partial charge in [0, 0.05) is 18.9 Å². The van der Waals surface area contributed by atoms with Crippen LogP contribution in [0.5, 0.6) is 0 Å². The molecule has 0 spiro atoms. The molecule has 0 fully saturated rings. The molecule has 4 nitrogen and oxygen atoms in total. The summed E-state index contributed by atoms with van der Waals surface area (Å²) >= 11 is 0. The highest BCUT2D eigenvalue weighted by molar-refractivity contribution is 5.83. The van der Waals surface area contributed by atoms with E-state index in [1.54, 1.807) is 10.8 Å². The van der Waals surface area contributed by atoms with Gasteiger partial charge in [0.05, 0.1) is 0 Å². The Balaban J connectivity index is 2.55. The number of nitrogens with zero attached hydrogens (tertiary/aromatic N) is 2. The summed E-state index contributed by atoms with van der Waals surface area (Å²) in [6.07, 6.45) is 6.50. The van der Waals surface area contributed by atoms with Gasteiger partial charge in [-0.25, -0.2) is 9.78 Å². The molecular formula is C9H14N2O2. The molecule has 1 aromatic heterocycles. The van der Waals surface area contributed by atoms with Gasteiger partial charge in [0.15, 0.2) is 0 Å². The van der Waals surface area contributed by atoms with Crippen molar-refractivity contribution < 1.29 is 9.90 Å². The molecule has 0 aromatic carbocycles. The molecule has 72 valence electrons. The molecule has 4 heteroatoms. The van der Waals surface area contributed by atoms with Crippen LogP contribution in [-0.4, -0.2) is 20.6 Å². The van der Waals surface area contributed by atoms with Crippen molar-refractivity contribution in [1.82, 2.24) is 9.55 Å². The minimum Gasteiger partial charge on any atom is -0.475 e. The SMILES string of the molecule is CCCCCn1ccnc1C(=O)O. The van der Waals surface area contributed by atoms with Gasteiger partial charge in [-0.1, -0.05) is 19.8 Å². The molecule has 0 aliphatic carbocycles. The maximum absolute atomic E-state index is 10.6. The monoisotopic (exact) mass is 182 g/mol. The summed E-state index contributed by atoms with van der Waals surface area (Å²) in [5.41, 5.74) is 0. The Morgan fingerprint density at radius 3 is 3.00 bits per heavy atom. The lowest BCUT2D eigenvalue weighted by molar-refractivity contribution is 0.0678. The maximum atomic E-state index is 10.6. The number of carboxylic acid groups (broad SMARTS) is 1. The zero-order valence-electron chi connectivity index (χ0n) is 7.73. The highest BCUT2D eigenvalue weighted by Crippen LogP contribution is 2.02. The number of hydrogen-bond acceptors (Lipinski definition) is 2. The first kappa shape index (κ1) is 9.77. The Morgan fingerprint density at radius 1 is 1.62 bits per heavy atom. The fourth-order valence-corrected chi connectivity index (χ4v) is 1.22. The number of hydrogen-bond donors (Lipinski definition) is 1. The summed E-state index contributed by atoms with van der Waals surface area (Å²) in [5.74, 6) is -0.822. The average Bonchev–Trinajstić information content (AvgIpc) is 2.53. The Kier molecular flexibility index (Phi) is 3.49. The second-order valence-electron chi connectivity index (χ2n) is 2.96. The molecule has 0 aliphatic heterocycles. The zero-order valence-corrected chi connectivity index (χ0v) is 7.73. The third-order valence-corrected chi connectivity index (χ3v) is 1.91. The Bertz CT molecular complexity index is 281. The van der Waals surface area contributed by atoms with E-state index in [1.165, 1.54) is 6.20 Å². The van der Waals surface area contributed by atoms with Crippen molar-refractivity contribution in [2.45, 2.75) is 32.7 Å². The summed E-state index contributed by atoms with van der Waals surface area (Å²) in [6, 6.07) is 0. The van der Waals surface area contributed by atoms with Crippen molar-refractivity contribution in [3.63, 3.8) is 0 Å². The molecule has 0 atom stereocenters. The van der Waals surface area contributed by atoms with Crippen LogP contribution in [0.2, 0.25) is 0 Å². The van der Waals surface area contributed by atoms with Gasteiger partial charge < -0.3 is 9.67 Å². The number of carbonyl (C=O) groups is 1. The normalized spacial score (nSPS) is 10.2. The molecule has 13 heavy (non-hydrogen) atoms. The molecule has 1 heterocycles. The van der Waals surface area contributed by atoms with Crippen molar-refractivity contribution in [3.05, 3.63) is 18.2 Å². The molecule has 0 saturated heterocycles. The fraction of sp³-hybridized carbons (Fsp3) is 0.556. The molecule has 1 N–H and O–H groups in total. The van der Waals surface area contributed by atoms with Gasteiger partial charge in [-0.2, -0.15) is 0 Å². The van der Waals surface area contributed by atoms with Crippen LogP contribution in [0.3, 0.4) is 0 Å². The summed E-state index contributed by atoms with van der Waals surface area (Å²) in [6.45, 7) is 2.86. The van der Waals surface area contributed by atoms with E-state index < -0.39 is 5.97 Å². The third kappa shape index (κ3) is 2.57. The van der Waals surface area contributed by atoms with Gasteiger partial charge in [0.25, 0.3) is 0 Å². The molecule has 1 aromatic rings. The van der Waals surface area contributed by atoms with Crippen molar-refractivity contribution in [3.8, 4) is 0 Å². The molecule has 0 radical (unpaired) electrons. The van der Waals surface area contributed by atoms with E-state index in [0.717, 1.165) is 25.8 Å². The van der Waals surface area contributed by atoms with Crippen molar-refractivity contribution in [2.75, 3.05) is 0 Å². The van der Waals surface area contributed by atoms with E-state index >= 15 is 0 Å². The smallest absolute Gasteiger partial charge is 0.372 e. The second-order valence-corrected chi connectivity index (χ2v) is 2.96. The third-order valence-electron chi connectivity index (χ3n) is 1.91. The number of carboxylic acids is 1. The van der Waals surface area contributed by atoms with Crippen molar-refractivity contribution >= 4 is 5.97 Å². The first-order valence-electron chi connectivity index (χ1n) is 4.50. The van der Waals surface area contributed by atoms with Gasteiger partial charge in [0.2, 0.25) is 5.82 Å². The minimum atomic E-state index is -0.957. The lowest BCUT2D eigenvalue weighted by Crippen LogP contribution is -2.09. The van der Waals surface area contributed by atoms with E-state index in [4.69, 9.17) is 5.11 Å². The lowest BCUT2D eigenvalue weighted by Gasteiger charge is -2.03. The standard InChI is InChI=1S/C9H14N2O2/c1-2-3-4-6-11-7-5-10-8(11)9(12)13/h5,7H,2-4,6H2,1H3,(H,12,13). The molecule has 0 unspecified atom stereocenters. The van der Waals surface area contributed by atoms with E-state index in [-0.39, 0.29) is 5.82 Å². The van der Waals surface area contributed by atoms with Crippen LogP contribution in [0, 0.1) is 0 Å². The first-order chi connectivity index (χ1) is 6.25. The summed E-state index contributed by atoms with van der Waals surface area (Å²) < 4.78 is 1.68. The number of rotatable bonds is 5. The van der Waals surface area contributed by atoms with Gasteiger partial charge >= 0.3 is 5.97 Å². The van der Waals surface area contributed by atoms with E-state index in [1.807, 2.05) is 0 Å². The number of imidazole rings is 1. The Morgan fingerprint density at radius 2 is 2.38 bits per heavy atom. The van der Waals surface area contributed by atoms with Crippen LogP contribution in [0.15, 0.2) is 12.4 Å². The number of aryl methyl sites for hydroxylation is 1. The van der Waals surface area contributed by atoms with Gasteiger partial charge in [0.1, 0.15) is 0 Å². The van der Waals surface area contributed by atoms with Crippen LogP contribution in [0.25, 0.3) is 0 Å². The largest absolute Gasteiger partial charge is 0.475 e. The quantitative estimate of drug-likeness (QED) is 0.706. The fourth-order valence-electron chi connectivity index (χ4n) is 1.22. The number of aromatic nitrogens is 2. The van der Waals surface area contributed by atoms with Gasteiger partial charge in [-0.05, 0) is 6.42 Å². The Hall–Kier alpha value is -1.32. The first-order valence-corrected chi connectivity index (χ1v) is 4.50. The maximum Gasteiger partial charge on any atom is 0.372 e. The second kappa shape index (κ2) is 4.64. The topological polar surface area (TPSA) is 55.1 Å². The lowest BCUT2D eigenvalue weighted by atomic mass is 10.2. The number of unbranched alkanes of at least 4 members (excludes halogenated alkanes) is 2. The van der Waals surface area contributed by atoms with E-state index in [2.05, 4.69) is 11.9 Å². The van der Waals surface area contributed by atoms with Crippen molar-refractivity contribution in [2.24, 2.45) is 0 Å². The predicted molar refractivity (Wildman–Crippen MR) is 48.7 cm³/mol. The summed E-state index contributed by atoms with van der Waals surface area (Å²) in [4.78, 5) is 14.4. The van der Waals surface area contributed by atoms with E-state index in [0.29, 0.717) is 0 Å². The average molecular weight is 182 g/mol. The summed E-state index contributed by atoms with van der Waals surface area (Å²) in [7, 11) is 0. The van der Waals surface area contributed by atoms with Gasteiger partial charge in [-0.15, -0.1) is 0 Å². The Labute approximate surface area is 77.2 Å². The van der Waals surface area contributed by atoms with Crippen LogP contribution in [0.1, 0.15) is 36.8 Å². The minimum absolute atomic E-state index is 0.135. The zero-order chi connectivity index (χ0) is 9.68. The summed E-state index contributed by atoms with van der Waals surface area (Å²) in [5, 5.41) is 8.73. The van der Waals surface area contributed by atoms with Crippen LogP contribution in [0.4, 0.5) is 0 Å². The molecular weight excluding hydrogens is 168 g/mol. The molecule has 0 aliphatic rings. The van der Waals surface area contributed by atoms with E-state index in [9.17, 15) is 4.79 Å². The van der Waals surface area contributed by atoms with Crippen molar-refractivity contribution in [1.29, 1.82) is 0 Å². The molecule has 0 saturated carbocycles. The van der Waals surface area contributed by atoms with Crippen LogP contribution < -0.4 is 0 Å². The van der Waals surface area contributed by atoms with Crippen LogP contribution >= 0.6 is 0 Å². The predicted octanol–water partition coefficient (Wildman–Crippen LogP) is 1.77. The van der Waals surface area contributed by atoms with Crippen LogP contribution in [-0.2, 0) is 6.54 Å².